The molecule has 0 bridgehead atoms. The zero-order valence-electron chi connectivity index (χ0n) is 24.2. The Labute approximate surface area is 237 Å². The third-order valence-corrected chi connectivity index (χ3v) is 7.34. The van der Waals surface area contributed by atoms with E-state index in [1.807, 2.05) is 51.1 Å². The summed E-state index contributed by atoms with van der Waals surface area (Å²) in [5.74, 6) is -0.0306. The van der Waals surface area contributed by atoms with E-state index in [0.717, 1.165) is 49.2 Å². The fourth-order valence-corrected chi connectivity index (χ4v) is 5.21. The van der Waals surface area contributed by atoms with Crippen molar-refractivity contribution in [2.45, 2.75) is 59.1 Å². The second-order valence-corrected chi connectivity index (χ2v) is 10.7. The Balaban J connectivity index is 1.67. The Bertz CT molecular complexity index is 1200. The summed E-state index contributed by atoms with van der Waals surface area (Å²) in [5.41, 5.74) is 2.11. The number of morpholine rings is 1. The number of rotatable bonds is 12. The Morgan fingerprint density at radius 3 is 2.38 bits per heavy atom. The van der Waals surface area contributed by atoms with Crippen LogP contribution >= 0.6 is 0 Å². The van der Waals surface area contributed by atoms with E-state index in [1.54, 1.807) is 17.0 Å². The van der Waals surface area contributed by atoms with Crippen LogP contribution in [0, 0.1) is 6.92 Å². The summed E-state index contributed by atoms with van der Waals surface area (Å²) in [6.07, 6.45) is 3.23. The summed E-state index contributed by atoms with van der Waals surface area (Å²) >= 11 is 0. The molecule has 2 heterocycles. The summed E-state index contributed by atoms with van der Waals surface area (Å²) in [4.78, 5) is 30.7. The number of aliphatic hydroxyl groups excluding tert-OH is 1. The number of Topliss-reactive ketones (excluding diaryl/α,β-unsaturated/α-hetero) is 1. The van der Waals surface area contributed by atoms with Crippen LogP contribution < -0.4 is 9.47 Å². The molecule has 1 atom stereocenters. The highest BCUT2D eigenvalue weighted by molar-refractivity contribution is 6.46. The van der Waals surface area contributed by atoms with Crippen LogP contribution in [-0.2, 0) is 14.3 Å². The third-order valence-electron chi connectivity index (χ3n) is 7.34. The molecule has 2 aliphatic rings. The summed E-state index contributed by atoms with van der Waals surface area (Å²) in [5, 5.41) is 11.5. The van der Waals surface area contributed by atoms with Gasteiger partial charge in [0.1, 0.15) is 17.3 Å². The van der Waals surface area contributed by atoms with Gasteiger partial charge in [0.2, 0.25) is 0 Å². The lowest BCUT2D eigenvalue weighted by Crippen LogP contribution is -2.42. The van der Waals surface area contributed by atoms with Crippen LogP contribution in [-0.4, -0.2) is 78.7 Å². The number of aryl methyl sites for hydroxylation is 1. The maximum atomic E-state index is 13.5. The van der Waals surface area contributed by atoms with Gasteiger partial charge in [-0.3, -0.25) is 14.5 Å². The van der Waals surface area contributed by atoms with Crippen molar-refractivity contribution in [2.24, 2.45) is 0 Å². The summed E-state index contributed by atoms with van der Waals surface area (Å²) in [6.45, 7) is 12.4. The summed E-state index contributed by atoms with van der Waals surface area (Å²) < 4.78 is 17.1. The largest absolute Gasteiger partial charge is 0.507 e. The number of likely N-dealkylation sites (tertiary alicyclic amines) is 1. The number of aliphatic hydroxyl groups is 1. The van der Waals surface area contributed by atoms with Crippen molar-refractivity contribution in [1.82, 2.24) is 9.80 Å². The van der Waals surface area contributed by atoms with Crippen molar-refractivity contribution >= 4 is 17.4 Å². The monoisotopic (exact) mass is 550 g/mol. The van der Waals surface area contributed by atoms with E-state index >= 15 is 0 Å². The predicted octanol–water partition coefficient (Wildman–Crippen LogP) is 5.11. The summed E-state index contributed by atoms with van der Waals surface area (Å²) in [7, 11) is 0. The van der Waals surface area contributed by atoms with Gasteiger partial charge in [-0.05, 0) is 68.7 Å². The Morgan fingerprint density at radius 1 is 1.02 bits per heavy atom. The molecule has 2 saturated heterocycles. The van der Waals surface area contributed by atoms with Gasteiger partial charge < -0.3 is 24.2 Å². The minimum atomic E-state index is -0.707. The first kappa shape index (κ1) is 29.6. The van der Waals surface area contributed by atoms with Gasteiger partial charge in [-0.15, -0.1) is 0 Å². The Hall–Kier alpha value is -3.36. The molecule has 0 radical (unpaired) electrons. The van der Waals surface area contributed by atoms with Gasteiger partial charge in [0.05, 0.1) is 37.5 Å². The van der Waals surface area contributed by atoms with Crippen LogP contribution in [0.1, 0.15) is 62.8 Å². The molecule has 8 nitrogen and oxygen atoms in total. The highest BCUT2D eigenvalue weighted by Crippen LogP contribution is 2.40. The van der Waals surface area contributed by atoms with E-state index in [2.05, 4.69) is 11.8 Å². The Morgan fingerprint density at radius 2 is 1.73 bits per heavy atom. The molecule has 2 aromatic rings. The van der Waals surface area contributed by atoms with Crippen molar-refractivity contribution in [3.8, 4) is 11.5 Å². The molecule has 8 heteroatoms. The van der Waals surface area contributed by atoms with Crippen molar-refractivity contribution < 1.29 is 28.9 Å². The van der Waals surface area contributed by atoms with Gasteiger partial charge in [-0.1, -0.05) is 31.9 Å². The number of hydrogen-bond donors (Lipinski definition) is 1. The van der Waals surface area contributed by atoms with E-state index in [1.165, 1.54) is 0 Å². The van der Waals surface area contributed by atoms with Gasteiger partial charge in [0, 0.05) is 31.7 Å². The van der Waals surface area contributed by atoms with E-state index in [9.17, 15) is 14.7 Å². The first-order valence-corrected chi connectivity index (χ1v) is 14.4. The van der Waals surface area contributed by atoms with Crippen molar-refractivity contribution in [3.63, 3.8) is 0 Å². The molecule has 1 amide bonds. The second kappa shape index (κ2) is 13.8. The average Bonchev–Trinajstić information content (AvgIpc) is 3.19. The second-order valence-electron chi connectivity index (χ2n) is 10.7. The van der Waals surface area contributed by atoms with E-state index < -0.39 is 17.7 Å². The van der Waals surface area contributed by atoms with Crippen LogP contribution in [0.15, 0.2) is 48.0 Å². The lowest BCUT2D eigenvalue weighted by molar-refractivity contribution is -0.140. The van der Waals surface area contributed by atoms with Crippen LogP contribution in [0.25, 0.3) is 5.76 Å². The average molecular weight is 551 g/mol. The normalized spacial score (nSPS) is 19.4. The lowest BCUT2D eigenvalue weighted by Gasteiger charge is -2.31. The van der Waals surface area contributed by atoms with E-state index in [0.29, 0.717) is 44.2 Å². The molecule has 0 saturated carbocycles. The molecule has 0 aromatic heterocycles. The highest BCUT2D eigenvalue weighted by Gasteiger charge is 2.46. The van der Waals surface area contributed by atoms with E-state index in [4.69, 9.17) is 14.2 Å². The number of benzene rings is 2. The number of unbranched alkanes of at least 4 members (excludes halogenated alkanes) is 2. The molecule has 2 aliphatic heterocycles. The third kappa shape index (κ3) is 7.04. The molecule has 216 valence electrons. The highest BCUT2D eigenvalue weighted by atomic mass is 16.5. The standard InChI is InChI=1S/C32H42N2O6/c1-5-6-7-18-39-25-10-8-24(9-11-25)29-28(30(35)27-13-12-26(21-23(27)4)40-22(2)3)31(36)32(37)34(29)15-14-33-16-19-38-20-17-33/h8-13,21-22,29,35H,5-7,14-20H2,1-4H3/b30-28+. The van der Waals surface area contributed by atoms with Crippen molar-refractivity contribution in [2.75, 3.05) is 46.0 Å². The van der Waals surface area contributed by atoms with E-state index in [-0.39, 0.29) is 17.4 Å². The smallest absolute Gasteiger partial charge is 0.295 e. The molecule has 0 spiro atoms. The zero-order chi connectivity index (χ0) is 28.6. The van der Waals surface area contributed by atoms with Gasteiger partial charge in [-0.2, -0.15) is 0 Å². The molecule has 2 fully saturated rings. The first-order valence-electron chi connectivity index (χ1n) is 14.4. The van der Waals surface area contributed by atoms with Gasteiger partial charge >= 0.3 is 0 Å². The van der Waals surface area contributed by atoms with Gasteiger partial charge in [0.15, 0.2) is 0 Å². The SMILES string of the molecule is CCCCCOc1ccc(C2/C(=C(\O)c3ccc(OC(C)C)cc3C)C(=O)C(=O)N2CCN2CCOCC2)cc1. The fourth-order valence-electron chi connectivity index (χ4n) is 5.21. The topological polar surface area (TPSA) is 88.5 Å². The minimum absolute atomic E-state index is 0.00855. The number of amides is 1. The molecule has 2 aromatic carbocycles. The Kier molecular flexibility index (Phi) is 10.2. The number of hydrogen-bond acceptors (Lipinski definition) is 7. The molecule has 1 N–H and O–H groups in total. The zero-order valence-corrected chi connectivity index (χ0v) is 24.2. The quantitative estimate of drug-likeness (QED) is 0.170. The molecule has 40 heavy (non-hydrogen) atoms. The molecular formula is C32H42N2O6. The van der Waals surface area contributed by atoms with Crippen LogP contribution in [0.2, 0.25) is 0 Å². The number of carbonyl (C=O) groups excluding carboxylic acids is 2. The maximum absolute atomic E-state index is 13.5. The molecule has 0 aliphatic carbocycles. The number of ketones is 1. The molecular weight excluding hydrogens is 508 g/mol. The molecule has 1 unspecified atom stereocenters. The summed E-state index contributed by atoms with van der Waals surface area (Å²) in [6, 6.07) is 12.1. The number of nitrogens with zero attached hydrogens (tertiary/aromatic N) is 2. The number of carbonyl (C=O) groups is 2. The van der Waals surface area contributed by atoms with Gasteiger partial charge in [-0.25, -0.2) is 0 Å². The van der Waals surface area contributed by atoms with Crippen molar-refractivity contribution in [3.05, 3.63) is 64.7 Å². The fraction of sp³-hybridized carbons (Fsp3) is 0.500. The van der Waals surface area contributed by atoms with Crippen LogP contribution in [0.3, 0.4) is 0 Å². The maximum Gasteiger partial charge on any atom is 0.295 e. The predicted molar refractivity (Wildman–Crippen MR) is 155 cm³/mol. The first-order chi connectivity index (χ1) is 19.3. The van der Waals surface area contributed by atoms with Gasteiger partial charge in [0.25, 0.3) is 11.7 Å². The lowest BCUT2D eigenvalue weighted by atomic mass is 9.94. The molecule has 4 rings (SSSR count). The van der Waals surface area contributed by atoms with Crippen LogP contribution in [0.4, 0.5) is 0 Å². The van der Waals surface area contributed by atoms with Crippen LogP contribution in [0.5, 0.6) is 11.5 Å². The number of ether oxygens (including phenoxy) is 3. The minimum Gasteiger partial charge on any atom is -0.507 e. The van der Waals surface area contributed by atoms with Crippen molar-refractivity contribution in [1.29, 1.82) is 0 Å².